The zero-order chi connectivity index (χ0) is 29.6. The van der Waals surface area contributed by atoms with E-state index in [1.807, 2.05) is 43.0 Å². The summed E-state index contributed by atoms with van der Waals surface area (Å²) in [4.78, 5) is 44.3. The second-order valence-electron chi connectivity index (χ2n) is 13.5. The van der Waals surface area contributed by atoms with Crippen molar-refractivity contribution < 1.29 is 14.4 Å². The van der Waals surface area contributed by atoms with Crippen LogP contribution in [-0.2, 0) is 15.5 Å². The molecule has 0 aromatic heterocycles. The van der Waals surface area contributed by atoms with Crippen molar-refractivity contribution in [1.82, 2.24) is 10.2 Å². The van der Waals surface area contributed by atoms with E-state index in [9.17, 15) is 14.4 Å². The van der Waals surface area contributed by atoms with Gasteiger partial charge in [-0.1, -0.05) is 95.9 Å². The Bertz CT molecular complexity index is 1060. The summed E-state index contributed by atoms with van der Waals surface area (Å²) in [6.45, 7) is 8.24. The molecule has 0 bridgehead atoms. The van der Waals surface area contributed by atoms with Gasteiger partial charge in [-0.05, 0) is 57.9 Å². The van der Waals surface area contributed by atoms with Crippen LogP contribution in [-0.4, -0.2) is 45.5 Å². The number of fused-ring (bicyclic) bond motifs is 1. The van der Waals surface area contributed by atoms with Crippen LogP contribution in [0.15, 0.2) is 24.3 Å². The molecule has 6 heteroatoms. The van der Waals surface area contributed by atoms with Crippen molar-refractivity contribution >= 4 is 29.1 Å². The zero-order valence-electron chi connectivity index (χ0n) is 26.0. The number of benzene rings is 1. The third-order valence-corrected chi connectivity index (χ3v) is 10.9. The van der Waals surface area contributed by atoms with Crippen LogP contribution in [0.4, 0.5) is 0 Å². The number of carbonyl (C=O) groups is 3. The second-order valence-corrected chi connectivity index (χ2v) is 13.7. The molecule has 1 aliphatic heterocycles. The third-order valence-electron chi connectivity index (χ3n) is 10.6. The Morgan fingerprint density at radius 1 is 0.902 bits per heavy atom. The molecule has 1 unspecified atom stereocenters. The monoisotopic (exact) mass is 584 g/mol. The first kappa shape index (κ1) is 32.2. The van der Waals surface area contributed by atoms with Crippen LogP contribution in [0.3, 0.4) is 0 Å². The topological polar surface area (TPSA) is 66.5 Å². The molecule has 0 spiro atoms. The Morgan fingerprint density at radius 2 is 1.51 bits per heavy atom. The Morgan fingerprint density at radius 3 is 2.12 bits per heavy atom. The van der Waals surface area contributed by atoms with E-state index < -0.39 is 11.1 Å². The summed E-state index contributed by atoms with van der Waals surface area (Å²) < 4.78 is 0. The van der Waals surface area contributed by atoms with Crippen LogP contribution in [0.5, 0.6) is 0 Å². The number of ketones is 2. The van der Waals surface area contributed by atoms with Crippen molar-refractivity contribution in [3.63, 3.8) is 0 Å². The van der Waals surface area contributed by atoms with E-state index in [1.54, 1.807) is 0 Å². The Hall–Kier alpha value is -1.72. The summed E-state index contributed by atoms with van der Waals surface area (Å²) >= 11 is 6.00. The minimum Gasteiger partial charge on any atom is -0.326 e. The molecule has 228 valence electrons. The maximum Gasteiger partial charge on any atom is 0.228 e. The minimum absolute atomic E-state index is 0.0715. The van der Waals surface area contributed by atoms with Crippen molar-refractivity contribution in [3.8, 4) is 0 Å². The molecule has 41 heavy (non-hydrogen) atoms. The Balaban J connectivity index is 1.62. The number of hydrogen-bond acceptors (Lipinski definition) is 4. The molecule has 6 atom stereocenters. The average Bonchev–Trinajstić information content (AvgIpc) is 2.95. The maximum atomic E-state index is 14.8. The predicted molar refractivity (Wildman–Crippen MR) is 167 cm³/mol. The Labute approximate surface area is 253 Å². The highest BCUT2D eigenvalue weighted by Crippen LogP contribution is 2.44. The first-order chi connectivity index (χ1) is 19.7. The SMILES string of the molecule is CCCC(C)(N[C@H]1CCCCCC[C@H]1C(=O)[C@@](C)(CC)N1C(=O)[C@@H]2CCCCCC[C@@H]21)C(=O)c1ccc(CCl)cc1. The number of hydrogen-bond donors (Lipinski definition) is 1. The van der Waals surface area contributed by atoms with Gasteiger partial charge in [-0.3, -0.25) is 14.4 Å². The molecular weight excluding hydrogens is 532 g/mol. The number of alkyl halides is 1. The summed E-state index contributed by atoms with van der Waals surface area (Å²) in [5.74, 6) is 0.756. The van der Waals surface area contributed by atoms with E-state index in [1.165, 1.54) is 12.8 Å². The van der Waals surface area contributed by atoms with Crippen LogP contribution >= 0.6 is 11.6 Å². The number of carbonyl (C=O) groups excluding carboxylic acids is 3. The summed E-state index contributed by atoms with van der Waals surface area (Å²) in [6.07, 6.45) is 14.8. The van der Waals surface area contributed by atoms with E-state index in [0.29, 0.717) is 24.3 Å². The van der Waals surface area contributed by atoms with Crippen LogP contribution < -0.4 is 5.32 Å². The molecule has 1 aromatic rings. The van der Waals surface area contributed by atoms with Gasteiger partial charge in [0.25, 0.3) is 0 Å². The lowest BCUT2D eigenvalue weighted by molar-refractivity contribution is -0.176. The van der Waals surface area contributed by atoms with Crippen LogP contribution in [0.2, 0.25) is 0 Å². The molecule has 1 amide bonds. The number of rotatable bonds is 11. The molecule has 1 aromatic carbocycles. The van der Waals surface area contributed by atoms with Gasteiger partial charge in [0, 0.05) is 29.4 Å². The first-order valence-corrected chi connectivity index (χ1v) is 17.1. The number of likely N-dealkylation sites (tertiary alicyclic amines) is 1. The summed E-state index contributed by atoms with van der Waals surface area (Å²) in [7, 11) is 0. The fourth-order valence-electron chi connectivity index (χ4n) is 7.99. The van der Waals surface area contributed by atoms with Gasteiger partial charge in [-0.15, -0.1) is 11.6 Å². The van der Waals surface area contributed by atoms with E-state index in [2.05, 4.69) is 19.2 Å². The second kappa shape index (κ2) is 14.2. The predicted octanol–water partition coefficient (Wildman–Crippen LogP) is 8.01. The summed E-state index contributed by atoms with van der Waals surface area (Å²) in [5, 5.41) is 3.82. The molecule has 3 fully saturated rings. The fourth-order valence-corrected chi connectivity index (χ4v) is 8.17. The third kappa shape index (κ3) is 6.77. The lowest BCUT2D eigenvalue weighted by Crippen LogP contribution is -2.72. The van der Waals surface area contributed by atoms with Gasteiger partial charge in [0.2, 0.25) is 5.91 Å². The molecular formula is C35H53ClN2O3. The van der Waals surface area contributed by atoms with E-state index in [-0.39, 0.29) is 41.4 Å². The quantitative estimate of drug-likeness (QED) is 0.162. The van der Waals surface area contributed by atoms with Gasteiger partial charge in [-0.2, -0.15) is 0 Å². The van der Waals surface area contributed by atoms with Gasteiger partial charge >= 0.3 is 0 Å². The minimum atomic E-state index is -0.802. The van der Waals surface area contributed by atoms with Crippen molar-refractivity contribution in [2.45, 2.75) is 153 Å². The normalized spacial score (nSPS) is 28.5. The van der Waals surface area contributed by atoms with Gasteiger partial charge < -0.3 is 10.2 Å². The van der Waals surface area contributed by atoms with Crippen molar-refractivity contribution in [2.24, 2.45) is 11.8 Å². The molecule has 1 N–H and O–H groups in total. The van der Waals surface area contributed by atoms with Crippen LogP contribution in [0.25, 0.3) is 0 Å². The van der Waals surface area contributed by atoms with Crippen LogP contribution in [0.1, 0.15) is 140 Å². The molecule has 3 aliphatic rings. The first-order valence-electron chi connectivity index (χ1n) is 16.5. The lowest BCUT2D eigenvalue weighted by atomic mass is 9.69. The molecule has 1 heterocycles. The van der Waals surface area contributed by atoms with Gasteiger partial charge in [0.15, 0.2) is 11.6 Å². The zero-order valence-corrected chi connectivity index (χ0v) is 26.7. The van der Waals surface area contributed by atoms with Crippen molar-refractivity contribution in [1.29, 1.82) is 0 Å². The number of β-lactam (4-membered cyclic amide) rings is 1. The maximum absolute atomic E-state index is 14.8. The van der Waals surface area contributed by atoms with Crippen molar-refractivity contribution in [2.75, 3.05) is 0 Å². The van der Waals surface area contributed by atoms with Gasteiger partial charge in [0.1, 0.15) is 0 Å². The lowest BCUT2D eigenvalue weighted by Gasteiger charge is -2.57. The molecule has 2 saturated carbocycles. The molecule has 2 aliphatic carbocycles. The fraction of sp³-hybridized carbons (Fsp3) is 0.743. The highest BCUT2D eigenvalue weighted by molar-refractivity contribution is 6.17. The molecule has 1 saturated heterocycles. The number of Topliss-reactive ketones (excluding diaryl/α,β-unsaturated/α-hetero) is 2. The van der Waals surface area contributed by atoms with Gasteiger partial charge in [0.05, 0.1) is 17.0 Å². The highest BCUT2D eigenvalue weighted by Gasteiger charge is 2.57. The average molecular weight is 585 g/mol. The van der Waals surface area contributed by atoms with Crippen molar-refractivity contribution in [3.05, 3.63) is 35.4 Å². The number of halogens is 1. The number of amides is 1. The molecule has 4 rings (SSSR count). The highest BCUT2D eigenvalue weighted by atomic mass is 35.5. The van der Waals surface area contributed by atoms with Gasteiger partial charge in [-0.25, -0.2) is 0 Å². The molecule has 5 nitrogen and oxygen atoms in total. The Kier molecular flexibility index (Phi) is 11.1. The molecule has 0 radical (unpaired) electrons. The summed E-state index contributed by atoms with van der Waals surface area (Å²) in [6, 6.07) is 7.71. The van der Waals surface area contributed by atoms with Crippen LogP contribution in [0, 0.1) is 11.8 Å². The number of nitrogens with one attached hydrogen (secondary N) is 1. The smallest absolute Gasteiger partial charge is 0.228 e. The van der Waals surface area contributed by atoms with E-state index in [4.69, 9.17) is 11.6 Å². The standard InChI is InChI=1S/C35H53ClN2O3/c1-5-23-34(3,31(39)26-21-19-25(24-36)20-22-26)37-29-17-13-9-7-11-15-27(29)32(40)35(4,6-2)38-30-18-14-10-8-12-16-28(30)33(38)41/h19-22,27-30,37H,5-18,23-24H2,1-4H3/t27-,28-,29+,30+,34?,35-/m1/s1. The largest absolute Gasteiger partial charge is 0.326 e. The number of nitrogens with zero attached hydrogens (tertiary/aromatic N) is 1. The van der Waals surface area contributed by atoms with E-state index in [0.717, 1.165) is 76.2 Å². The van der Waals surface area contributed by atoms with E-state index >= 15 is 0 Å². The summed E-state index contributed by atoms with van der Waals surface area (Å²) in [5.41, 5.74) is 0.0874.